The summed E-state index contributed by atoms with van der Waals surface area (Å²) in [6.07, 6.45) is 0. The van der Waals surface area contributed by atoms with Gasteiger partial charge >= 0.3 is 51.5 Å². The number of hydrogen-bond donors (Lipinski definition) is 1. The molecule has 7 heavy (non-hydrogen) atoms. The first-order valence-electron chi connectivity index (χ1n) is 2.15. The number of carbonyl (C=O) groups excluding carboxylic acids is 1. The maximum atomic E-state index is 10.1. The molecule has 0 aromatic rings. The van der Waals surface area contributed by atoms with Gasteiger partial charge in [0.05, 0.1) is 0 Å². The van der Waals surface area contributed by atoms with E-state index in [0.717, 1.165) is 0 Å². The molecule has 0 atom stereocenters. The Labute approximate surface area is 52.2 Å². The SMILES string of the molecule is CC(C)NC(=O)[AsH]. The molecular weight excluding hydrogens is 153 g/mol. The summed E-state index contributed by atoms with van der Waals surface area (Å²) in [5.41, 5.74) is 0. The number of amides is 1. The van der Waals surface area contributed by atoms with Crippen molar-refractivity contribution in [3.63, 3.8) is 0 Å². The minimum absolute atomic E-state index is 0.0370. The van der Waals surface area contributed by atoms with E-state index in [4.69, 9.17) is 0 Å². The third kappa shape index (κ3) is 6.03. The summed E-state index contributed by atoms with van der Waals surface area (Å²) in [5.74, 6) is 0. The Morgan fingerprint density at radius 3 is 2.14 bits per heavy atom. The van der Waals surface area contributed by atoms with Crippen LogP contribution in [0.3, 0.4) is 0 Å². The monoisotopic (exact) mass is 162 g/mol. The van der Waals surface area contributed by atoms with E-state index in [-0.39, 0.29) is 10.7 Å². The molecule has 0 aliphatic rings. The minimum atomic E-state index is 0.0370. The molecule has 0 unspecified atom stereocenters. The van der Waals surface area contributed by atoms with Crippen LogP contribution in [0.5, 0.6) is 0 Å². The van der Waals surface area contributed by atoms with Crippen molar-refractivity contribution in [2.45, 2.75) is 19.9 Å². The normalized spacial score (nSPS) is 9.14. The standard InChI is InChI=1S/C4H9AsNO/c1-3(2)6-4(5)7/h3,5H,1-2H3,(H,6,7). The molecule has 0 aliphatic heterocycles. The first-order chi connectivity index (χ1) is 3.13. The molecule has 0 saturated carbocycles. The Hall–Kier alpha value is 0.0284. The third-order valence-corrected chi connectivity index (χ3v) is 0.723. The fraction of sp³-hybridized carbons (Fsp3) is 0.750. The second-order valence-electron chi connectivity index (χ2n) is 1.63. The summed E-state index contributed by atoms with van der Waals surface area (Å²) in [5, 5.41) is 2.67. The van der Waals surface area contributed by atoms with E-state index in [0.29, 0.717) is 0 Å². The molecule has 0 aromatic heterocycles. The van der Waals surface area contributed by atoms with Gasteiger partial charge in [0.2, 0.25) is 0 Å². The summed E-state index contributed by atoms with van der Waals surface area (Å²) < 4.78 is 0.0370. The topological polar surface area (TPSA) is 29.1 Å². The number of hydrogen-bond acceptors (Lipinski definition) is 1. The maximum absolute atomic E-state index is 10.1. The molecule has 0 heterocycles. The van der Waals surface area contributed by atoms with Crippen molar-refractivity contribution < 1.29 is 4.79 Å². The zero-order valence-corrected chi connectivity index (χ0v) is 6.58. The van der Waals surface area contributed by atoms with Gasteiger partial charge in [0.15, 0.2) is 0 Å². The van der Waals surface area contributed by atoms with Crippen molar-refractivity contribution in [2.75, 3.05) is 0 Å². The summed E-state index contributed by atoms with van der Waals surface area (Å²) >= 11 is 1.51. The predicted octanol–water partition coefficient (Wildman–Crippen LogP) is 0.00520. The molecular formula is C4H9AsNO. The molecule has 0 saturated heterocycles. The van der Waals surface area contributed by atoms with Gasteiger partial charge in [-0.15, -0.1) is 0 Å². The molecule has 41 valence electrons. The van der Waals surface area contributed by atoms with E-state index < -0.39 is 0 Å². The van der Waals surface area contributed by atoms with Gasteiger partial charge < -0.3 is 0 Å². The van der Waals surface area contributed by atoms with Crippen molar-refractivity contribution in [2.24, 2.45) is 0 Å². The first kappa shape index (κ1) is 7.03. The zero-order valence-electron chi connectivity index (χ0n) is 4.49. The number of nitrogens with one attached hydrogen (secondary N) is 1. The molecule has 1 N–H and O–H groups in total. The van der Waals surface area contributed by atoms with E-state index in [2.05, 4.69) is 5.32 Å². The van der Waals surface area contributed by atoms with Crippen molar-refractivity contribution in [3.8, 4) is 0 Å². The van der Waals surface area contributed by atoms with Crippen LogP contribution in [0.2, 0.25) is 0 Å². The van der Waals surface area contributed by atoms with Gasteiger partial charge in [0.1, 0.15) is 0 Å². The molecule has 2 nitrogen and oxygen atoms in total. The van der Waals surface area contributed by atoms with Gasteiger partial charge in [0.25, 0.3) is 0 Å². The summed E-state index contributed by atoms with van der Waals surface area (Å²) in [4.78, 5) is 10.1. The van der Waals surface area contributed by atoms with Crippen LogP contribution in [0.15, 0.2) is 0 Å². The molecule has 1 amide bonds. The van der Waals surface area contributed by atoms with Crippen LogP contribution >= 0.6 is 0 Å². The number of carbonyl (C=O) groups is 1. The molecule has 0 aromatic carbocycles. The van der Waals surface area contributed by atoms with Crippen LogP contribution in [-0.4, -0.2) is 27.6 Å². The molecule has 0 fully saturated rings. The molecule has 0 spiro atoms. The quantitative estimate of drug-likeness (QED) is 0.540. The van der Waals surface area contributed by atoms with Crippen LogP contribution in [0.25, 0.3) is 0 Å². The molecule has 3 heteroatoms. The average Bonchev–Trinajstić information content (AvgIpc) is 1.27. The first-order valence-corrected chi connectivity index (χ1v) is 3.20. The van der Waals surface area contributed by atoms with E-state index >= 15 is 0 Å². The fourth-order valence-electron chi connectivity index (χ4n) is 0.262. The van der Waals surface area contributed by atoms with Crippen LogP contribution < -0.4 is 5.32 Å². The van der Waals surface area contributed by atoms with Gasteiger partial charge in [-0.05, 0) is 0 Å². The summed E-state index contributed by atoms with van der Waals surface area (Å²) in [6, 6.07) is 0.275. The number of rotatable bonds is 1. The Kier molecular flexibility index (Phi) is 3.10. The second-order valence-corrected chi connectivity index (χ2v) is 2.58. The Morgan fingerprint density at radius 2 is 2.14 bits per heavy atom. The summed E-state index contributed by atoms with van der Waals surface area (Å²) in [6.45, 7) is 3.86. The molecule has 0 rings (SSSR count). The van der Waals surface area contributed by atoms with Gasteiger partial charge in [-0.1, -0.05) is 0 Å². The van der Waals surface area contributed by atoms with Crippen LogP contribution in [0.4, 0.5) is 4.79 Å². The van der Waals surface area contributed by atoms with Crippen LogP contribution in [0.1, 0.15) is 13.8 Å². The van der Waals surface area contributed by atoms with Gasteiger partial charge in [0, 0.05) is 0 Å². The van der Waals surface area contributed by atoms with E-state index in [1.54, 1.807) is 0 Å². The summed E-state index contributed by atoms with van der Waals surface area (Å²) in [7, 11) is 0. The zero-order chi connectivity index (χ0) is 5.86. The van der Waals surface area contributed by atoms with Crippen molar-refractivity contribution >= 4 is 21.5 Å². The average molecular weight is 162 g/mol. The Morgan fingerprint density at radius 1 is 1.71 bits per heavy atom. The predicted molar refractivity (Wildman–Crippen MR) is 30.8 cm³/mol. The van der Waals surface area contributed by atoms with Crippen LogP contribution in [0, 0.1) is 0 Å². The Balaban J connectivity index is 3.13. The van der Waals surface area contributed by atoms with E-state index in [1.807, 2.05) is 13.8 Å². The van der Waals surface area contributed by atoms with Gasteiger partial charge in [-0.2, -0.15) is 0 Å². The fourth-order valence-corrected chi connectivity index (χ4v) is 0.868. The molecule has 0 bridgehead atoms. The van der Waals surface area contributed by atoms with Gasteiger partial charge in [-0.25, -0.2) is 0 Å². The van der Waals surface area contributed by atoms with E-state index in [9.17, 15) is 4.79 Å². The van der Waals surface area contributed by atoms with Crippen molar-refractivity contribution in [1.29, 1.82) is 0 Å². The van der Waals surface area contributed by atoms with Crippen LogP contribution in [-0.2, 0) is 0 Å². The van der Waals surface area contributed by atoms with E-state index in [1.165, 1.54) is 16.9 Å². The molecule has 1 radical (unpaired) electrons. The molecule has 0 aliphatic carbocycles. The van der Waals surface area contributed by atoms with Crippen molar-refractivity contribution in [3.05, 3.63) is 0 Å². The third-order valence-electron chi connectivity index (χ3n) is 0.420. The second kappa shape index (κ2) is 3.09. The van der Waals surface area contributed by atoms with Crippen molar-refractivity contribution in [1.82, 2.24) is 5.32 Å². The van der Waals surface area contributed by atoms with Gasteiger partial charge in [-0.3, -0.25) is 0 Å². The Bertz CT molecular complexity index is 72.1.